The fourth-order valence-corrected chi connectivity index (χ4v) is 2.09. The van der Waals surface area contributed by atoms with E-state index in [-0.39, 0.29) is 12.5 Å². The summed E-state index contributed by atoms with van der Waals surface area (Å²) in [4.78, 5) is 11.9. The van der Waals surface area contributed by atoms with Gasteiger partial charge < -0.3 is 24.8 Å². The van der Waals surface area contributed by atoms with E-state index in [9.17, 15) is 4.79 Å². The normalized spacial score (nSPS) is 10.3. The number of methoxy groups -OCH3 is 1. The molecule has 0 atom stereocenters. The minimum Gasteiger partial charge on any atom is -0.490 e. The molecular formula is C19H24N2O4. The van der Waals surface area contributed by atoms with Crippen LogP contribution in [0.5, 0.6) is 11.5 Å². The molecule has 0 aliphatic rings. The quantitative estimate of drug-likeness (QED) is 0.612. The molecule has 0 bridgehead atoms. The molecule has 0 aliphatic carbocycles. The highest BCUT2D eigenvalue weighted by molar-refractivity contribution is 5.93. The van der Waals surface area contributed by atoms with Crippen molar-refractivity contribution in [3.8, 4) is 11.5 Å². The lowest BCUT2D eigenvalue weighted by Crippen LogP contribution is -2.30. The first-order valence-electron chi connectivity index (χ1n) is 8.19. The molecule has 2 N–H and O–H groups in total. The van der Waals surface area contributed by atoms with Crippen LogP contribution in [-0.4, -0.2) is 45.9 Å². The van der Waals surface area contributed by atoms with Gasteiger partial charge >= 0.3 is 0 Å². The van der Waals surface area contributed by atoms with Crippen LogP contribution in [0.15, 0.2) is 54.6 Å². The van der Waals surface area contributed by atoms with Gasteiger partial charge in [0.05, 0.1) is 18.8 Å². The molecular weight excluding hydrogens is 320 g/mol. The topological polar surface area (TPSA) is 68.8 Å². The maximum absolute atomic E-state index is 11.9. The standard InChI is InChI=1S/C19H24N2O4/c1-23-12-11-20-15-19(22)21-17-9-5-6-10-18(17)25-14-13-24-16-7-3-2-4-8-16/h2-10,20H,11-15H2,1H3,(H,21,22). The molecule has 0 heterocycles. The van der Waals surface area contributed by atoms with Crippen molar-refractivity contribution in [1.29, 1.82) is 0 Å². The van der Waals surface area contributed by atoms with Crippen molar-refractivity contribution in [3.63, 3.8) is 0 Å². The molecule has 0 aliphatic heterocycles. The third-order valence-electron chi connectivity index (χ3n) is 3.28. The van der Waals surface area contributed by atoms with Gasteiger partial charge in [-0.1, -0.05) is 30.3 Å². The number of benzene rings is 2. The number of anilines is 1. The predicted octanol–water partition coefficient (Wildman–Crippen LogP) is 2.32. The minimum absolute atomic E-state index is 0.132. The van der Waals surface area contributed by atoms with Crippen molar-refractivity contribution in [2.45, 2.75) is 0 Å². The van der Waals surface area contributed by atoms with E-state index >= 15 is 0 Å². The van der Waals surface area contributed by atoms with E-state index in [1.165, 1.54) is 0 Å². The zero-order valence-electron chi connectivity index (χ0n) is 14.4. The Balaban J connectivity index is 1.76. The molecule has 6 heteroatoms. The molecule has 25 heavy (non-hydrogen) atoms. The molecule has 0 spiro atoms. The van der Waals surface area contributed by atoms with Crippen LogP contribution < -0.4 is 20.1 Å². The third-order valence-corrected chi connectivity index (χ3v) is 3.28. The fourth-order valence-electron chi connectivity index (χ4n) is 2.09. The van der Waals surface area contributed by atoms with Crippen LogP contribution in [0.4, 0.5) is 5.69 Å². The number of rotatable bonds is 11. The van der Waals surface area contributed by atoms with Gasteiger partial charge in [-0.15, -0.1) is 0 Å². The summed E-state index contributed by atoms with van der Waals surface area (Å²) >= 11 is 0. The van der Waals surface area contributed by atoms with Crippen LogP contribution in [0, 0.1) is 0 Å². The Morgan fingerprint density at radius 2 is 1.64 bits per heavy atom. The number of ether oxygens (including phenoxy) is 3. The van der Waals surface area contributed by atoms with Crippen LogP contribution >= 0.6 is 0 Å². The predicted molar refractivity (Wildman–Crippen MR) is 97.2 cm³/mol. The van der Waals surface area contributed by atoms with Gasteiger partial charge in [-0.3, -0.25) is 4.79 Å². The van der Waals surface area contributed by atoms with Crippen molar-refractivity contribution < 1.29 is 19.0 Å². The zero-order chi connectivity index (χ0) is 17.7. The van der Waals surface area contributed by atoms with Crippen LogP contribution in [0.2, 0.25) is 0 Å². The first-order chi connectivity index (χ1) is 12.3. The van der Waals surface area contributed by atoms with Gasteiger partial charge in [-0.25, -0.2) is 0 Å². The number of carbonyl (C=O) groups is 1. The third kappa shape index (κ3) is 7.24. The average molecular weight is 344 g/mol. The van der Waals surface area contributed by atoms with E-state index in [0.29, 0.717) is 37.8 Å². The van der Waals surface area contributed by atoms with Gasteiger partial charge in [-0.2, -0.15) is 0 Å². The molecule has 0 unspecified atom stereocenters. The maximum Gasteiger partial charge on any atom is 0.238 e. The summed E-state index contributed by atoms with van der Waals surface area (Å²) in [6.45, 7) is 2.21. The van der Waals surface area contributed by atoms with Crippen molar-refractivity contribution in [3.05, 3.63) is 54.6 Å². The van der Waals surface area contributed by atoms with E-state index in [1.54, 1.807) is 13.2 Å². The lowest BCUT2D eigenvalue weighted by atomic mass is 10.3. The van der Waals surface area contributed by atoms with Gasteiger partial charge in [0.15, 0.2) is 0 Å². The molecule has 1 amide bonds. The summed E-state index contributed by atoms with van der Waals surface area (Å²) < 4.78 is 16.2. The number of amides is 1. The lowest BCUT2D eigenvalue weighted by molar-refractivity contribution is -0.115. The Morgan fingerprint density at radius 1 is 0.920 bits per heavy atom. The summed E-state index contributed by atoms with van der Waals surface area (Å²) in [6.07, 6.45) is 0. The highest BCUT2D eigenvalue weighted by Crippen LogP contribution is 2.23. The van der Waals surface area contributed by atoms with E-state index in [4.69, 9.17) is 14.2 Å². The summed E-state index contributed by atoms with van der Waals surface area (Å²) in [7, 11) is 1.62. The second-order valence-corrected chi connectivity index (χ2v) is 5.22. The SMILES string of the molecule is COCCNCC(=O)Nc1ccccc1OCCOc1ccccc1. The average Bonchev–Trinajstić information content (AvgIpc) is 2.64. The maximum atomic E-state index is 11.9. The van der Waals surface area contributed by atoms with Crippen LogP contribution in [-0.2, 0) is 9.53 Å². The zero-order valence-corrected chi connectivity index (χ0v) is 14.4. The van der Waals surface area contributed by atoms with Crippen LogP contribution in [0.25, 0.3) is 0 Å². The van der Waals surface area contributed by atoms with Crippen molar-refractivity contribution in [1.82, 2.24) is 5.32 Å². The summed E-state index contributed by atoms with van der Waals surface area (Å²) in [6, 6.07) is 16.9. The van der Waals surface area contributed by atoms with Gasteiger partial charge in [0.25, 0.3) is 0 Å². The van der Waals surface area contributed by atoms with Crippen LogP contribution in [0.1, 0.15) is 0 Å². The molecule has 0 aromatic heterocycles. The van der Waals surface area contributed by atoms with E-state index in [2.05, 4.69) is 10.6 Å². The molecule has 2 rings (SSSR count). The molecule has 134 valence electrons. The summed E-state index contributed by atoms with van der Waals surface area (Å²) in [5.41, 5.74) is 0.640. The number of para-hydroxylation sites is 3. The fraction of sp³-hybridized carbons (Fsp3) is 0.316. The second-order valence-electron chi connectivity index (χ2n) is 5.22. The van der Waals surface area contributed by atoms with Crippen molar-refractivity contribution in [2.75, 3.05) is 45.3 Å². The molecule has 6 nitrogen and oxygen atoms in total. The number of nitrogens with one attached hydrogen (secondary N) is 2. The van der Waals surface area contributed by atoms with Gasteiger partial charge in [0, 0.05) is 13.7 Å². The molecule has 0 saturated heterocycles. The Hall–Kier alpha value is -2.57. The van der Waals surface area contributed by atoms with Gasteiger partial charge in [0.2, 0.25) is 5.91 Å². The number of carbonyl (C=O) groups excluding carboxylic acids is 1. The monoisotopic (exact) mass is 344 g/mol. The molecule has 0 saturated carbocycles. The Labute approximate surface area is 148 Å². The first kappa shape index (κ1) is 18.8. The molecule has 2 aromatic rings. The number of hydrogen-bond donors (Lipinski definition) is 2. The Kier molecular flexibility index (Phi) is 8.31. The summed E-state index contributed by atoms with van der Waals surface area (Å²) in [5.74, 6) is 1.28. The van der Waals surface area contributed by atoms with Crippen molar-refractivity contribution >= 4 is 11.6 Å². The molecule has 0 fully saturated rings. The number of hydrogen-bond acceptors (Lipinski definition) is 5. The lowest BCUT2D eigenvalue weighted by Gasteiger charge is -2.13. The highest BCUT2D eigenvalue weighted by Gasteiger charge is 2.07. The first-order valence-corrected chi connectivity index (χ1v) is 8.19. The largest absolute Gasteiger partial charge is 0.490 e. The smallest absolute Gasteiger partial charge is 0.238 e. The summed E-state index contributed by atoms with van der Waals surface area (Å²) in [5, 5.41) is 5.84. The van der Waals surface area contributed by atoms with Crippen molar-refractivity contribution in [2.24, 2.45) is 0 Å². The highest BCUT2D eigenvalue weighted by atomic mass is 16.5. The minimum atomic E-state index is -0.132. The molecule has 2 aromatic carbocycles. The second kappa shape index (κ2) is 11.1. The Morgan fingerprint density at radius 3 is 2.44 bits per heavy atom. The van der Waals surface area contributed by atoms with E-state index in [0.717, 1.165) is 5.75 Å². The molecule has 0 radical (unpaired) electrons. The van der Waals surface area contributed by atoms with Gasteiger partial charge in [-0.05, 0) is 24.3 Å². The van der Waals surface area contributed by atoms with Gasteiger partial charge in [0.1, 0.15) is 24.7 Å². The van der Waals surface area contributed by atoms with E-state index < -0.39 is 0 Å². The van der Waals surface area contributed by atoms with Crippen LogP contribution in [0.3, 0.4) is 0 Å². The van der Waals surface area contributed by atoms with E-state index in [1.807, 2.05) is 48.5 Å². The Bertz CT molecular complexity index is 634.